The van der Waals surface area contributed by atoms with Crippen molar-refractivity contribution >= 4 is 17.6 Å². The van der Waals surface area contributed by atoms with Crippen LogP contribution in [-0.2, 0) is 11.3 Å². The minimum Gasteiger partial charge on any atom is -0.478 e. The van der Waals surface area contributed by atoms with Crippen LogP contribution in [0.3, 0.4) is 0 Å². The van der Waals surface area contributed by atoms with E-state index in [1.54, 1.807) is 32.9 Å². The number of benzene rings is 1. The number of carbonyl (C=O) groups excluding carboxylic acids is 1. The van der Waals surface area contributed by atoms with E-state index < -0.39 is 30.5 Å². The number of hydrogen-bond donors (Lipinski definition) is 2. The van der Waals surface area contributed by atoms with Gasteiger partial charge in [-0.2, -0.15) is 18.3 Å². The third-order valence-electron chi connectivity index (χ3n) is 4.33. The van der Waals surface area contributed by atoms with E-state index in [2.05, 4.69) is 10.4 Å². The van der Waals surface area contributed by atoms with Gasteiger partial charge in [0.2, 0.25) is 5.91 Å². The van der Waals surface area contributed by atoms with Gasteiger partial charge >= 0.3 is 12.1 Å². The molecule has 2 rings (SSSR count). The third-order valence-corrected chi connectivity index (χ3v) is 4.33. The Hall–Kier alpha value is -2.84. The average Bonchev–Trinajstić information content (AvgIpc) is 2.80. The standard InChI is InChI=1S/C18H20F3N3O3/c1-9-5-6-13(7-14(9)17(26)27)22-16(25)10(2)15-11(3)23-24(12(15)4)8-18(19,20)21/h5-7,10H,8H2,1-4H3,(H,22,25)(H,26,27). The van der Waals surface area contributed by atoms with E-state index in [4.69, 9.17) is 5.11 Å². The van der Waals surface area contributed by atoms with Crippen LogP contribution in [0.5, 0.6) is 0 Å². The second-order valence-corrected chi connectivity index (χ2v) is 6.40. The summed E-state index contributed by atoms with van der Waals surface area (Å²) >= 11 is 0. The van der Waals surface area contributed by atoms with Crippen LogP contribution < -0.4 is 5.32 Å². The number of carbonyl (C=O) groups is 2. The molecule has 0 radical (unpaired) electrons. The molecule has 1 aromatic carbocycles. The third kappa shape index (κ3) is 4.66. The quantitative estimate of drug-likeness (QED) is 0.822. The van der Waals surface area contributed by atoms with Crippen LogP contribution in [0.2, 0.25) is 0 Å². The van der Waals surface area contributed by atoms with Crippen LogP contribution in [0.25, 0.3) is 0 Å². The molecule has 0 aliphatic carbocycles. The number of alkyl halides is 3. The van der Waals surface area contributed by atoms with Crippen molar-refractivity contribution in [2.45, 2.75) is 46.3 Å². The lowest BCUT2D eigenvalue weighted by Crippen LogP contribution is -2.21. The van der Waals surface area contributed by atoms with Gasteiger partial charge in [-0.05, 0) is 45.4 Å². The number of nitrogens with zero attached hydrogens (tertiary/aromatic N) is 2. The maximum absolute atomic E-state index is 12.7. The molecule has 2 N–H and O–H groups in total. The Morgan fingerprint density at radius 3 is 2.44 bits per heavy atom. The second-order valence-electron chi connectivity index (χ2n) is 6.40. The minimum absolute atomic E-state index is 0.0609. The highest BCUT2D eigenvalue weighted by atomic mass is 19.4. The van der Waals surface area contributed by atoms with E-state index in [1.165, 1.54) is 13.0 Å². The minimum atomic E-state index is -4.42. The predicted molar refractivity (Wildman–Crippen MR) is 92.9 cm³/mol. The summed E-state index contributed by atoms with van der Waals surface area (Å²) < 4.78 is 38.8. The molecule has 0 spiro atoms. The Labute approximate surface area is 154 Å². The van der Waals surface area contributed by atoms with Crippen molar-refractivity contribution in [1.29, 1.82) is 0 Å². The Morgan fingerprint density at radius 1 is 1.26 bits per heavy atom. The lowest BCUT2D eigenvalue weighted by molar-refractivity contribution is -0.143. The van der Waals surface area contributed by atoms with Crippen LogP contribution in [0.4, 0.5) is 18.9 Å². The molecule has 1 heterocycles. The predicted octanol–water partition coefficient (Wildman–Crippen LogP) is 3.81. The molecule has 27 heavy (non-hydrogen) atoms. The van der Waals surface area contributed by atoms with Gasteiger partial charge in [0.15, 0.2) is 0 Å². The smallest absolute Gasteiger partial charge is 0.408 e. The molecule has 0 aliphatic rings. The molecule has 9 heteroatoms. The number of aromatic nitrogens is 2. The maximum atomic E-state index is 12.7. The Kier molecular flexibility index (Phi) is 5.62. The molecule has 146 valence electrons. The molecular weight excluding hydrogens is 363 g/mol. The van der Waals surface area contributed by atoms with Crippen LogP contribution in [0, 0.1) is 20.8 Å². The monoisotopic (exact) mass is 383 g/mol. The van der Waals surface area contributed by atoms with Crippen molar-refractivity contribution in [3.63, 3.8) is 0 Å². The van der Waals surface area contributed by atoms with Crippen LogP contribution >= 0.6 is 0 Å². The molecule has 1 aromatic heterocycles. The van der Waals surface area contributed by atoms with Gasteiger partial charge in [-0.15, -0.1) is 0 Å². The van der Waals surface area contributed by atoms with E-state index >= 15 is 0 Å². The molecule has 0 aliphatic heterocycles. The fraction of sp³-hybridized carbons (Fsp3) is 0.389. The number of nitrogens with one attached hydrogen (secondary N) is 1. The van der Waals surface area contributed by atoms with Gasteiger partial charge in [0.25, 0.3) is 0 Å². The zero-order chi connectivity index (χ0) is 20.5. The summed E-state index contributed by atoms with van der Waals surface area (Å²) in [4.78, 5) is 23.8. The number of carboxylic acids is 1. The highest BCUT2D eigenvalue weighted by Gasteiger charge is 2.31. The van der Waals surface area contributed by atoms with Gasteiger partial charge in [0.05, 0.1) is 17.2 Å². The molecular formula is C18H20F3N3O3. The average molecular weight is 383 g/mol. The first kappa shape index (κ1) is 20.5. The summed E-state index contributed by atoms with van der Waals surface area (Å²) in [6.45, 7) is 5.01. The summed E-state index contributed by atoms with van der Waals surface area (Å²) in [7, 11) is 0. The zero-order valence-corrected chi connectivity index (χ0v) is 15.3. The molecule has 1 unspecified atom stereocenters. The number of rotatable bonds is 5. The Bertz CT molecular complexity index is 888. The first-order valence-corrected chi connectivity index (χ1v) is 8.16. The number of aromatic carboxylic acids is 1. The Balaban J connectivity index is 2.26. The van der Waals surface area contributed by atoms with Crippen LogP contribution in [0.15, 0.2) is 18.2 Å². The second kappa shape index (κ2) is 7.42. The van der Waals surface area contributed by atoms with Crippen molar-refractivity contribution in [3.8, 4) is 0 Å². The van der Waals surface area contributed by atoms with E-state index in [-0.39, 0.29) is 11.3 Å². The maximum Gasteiger partial charge on any atom is 0.408 e. The van der Waals surface area contributed by atoms with Gasteiger partial charge in [0.1, 0.15) is 6.54 Å². The highest BCUT2D eigenvalue weighted by Crippen LogP contribution is 2.27. The number of amides is 1. The molecule has 6 nitrogen and oxygen atoms in total. The SMILES string of the molecule is Cc1ccc(NC(=O)C(C)c2c(C)nn(CC(F)(F)F)c2C)cc1C(=O)O. The van der Waals surface area contributed by atoms with E-state index in [0.29, 0.717) is 22.5 Å². The molecule has 0 saturated heterocycles. The lowest BCUT2D eigenvalue weighted by Gasteiger charge is -2.14. The van der Waals surface area contributed by atoms with Crippen LogP contribution in [-0.4, -0.2) is 32.9 Å². The summed E-state index contributed by atoms with van der Waals surface area (Å²) in [6.07, 6.45) is -4.42. The van der Waals surface area contributed by atoms with Gasteiger partial charge in [0, 0.05) is 16.9 Å². The molecule has 1 amide bonds. The number of aryl methyl sites for hydroxylation is 2. The summed E-state index contributed by atoms with van der Waals surface area (Å²) in [5.41, 5.74) is 1.94. The summed E-state index contributed by atoms with van der Waals surface area (Å²) in [5.74, 6) is -2.34. The topological polar surface area (TPSA) is 84.2 Å². The van der Waals surface area contributed by atoms with Crippen molar-refractivity contribution in [3.05, 3.63) is 46.3 Å². The highest BCUT2D eigenvalue weighted by molar-refractivity contribution is 5.97. The number of anilines is 1. The summed E-state index contributed by atoms with van der Waals surface area (Å²) in [5, 5.41) is 15.7. The largest absolute Gasteiger partial charge is 0.478 e. The van der Waals surface area contributed by atoms with E-state index in [1.807, 2.05) is 0 Å². The van der Waals surface area contributed by atoms with Gasteiger partial charge in [-0.1, -0.05) is 6.07 Å². The fourth-order valence-corrected chi connectivity index (χ4v) is 2.97. The van der Waals surface area contributed by atoms with Crippen molar-refractivity contribution in [2.75, 3.05) is 5.32 Å². The van der Waals surface area contributed by atoms with Crippen LogP contribution in [0.1, 0.15) is 45.7 Å². The van der Waals surface area contributed by atoms with Gasteiger partial charge < -0.3 is 10.4 Å². The molecule has 2 aromatic rings. The summed E-state index contributed by atoms with van der Waals surface area (Å²) in [6, 6.07) is 4.48. The van der Waals surface area contributed by atoms with Crippen molar-refractivity contribution in [1.82, 2.24) is 9.78 Å². The number of carboxylic acid groups (broad SMARTS) is 1. The fourth-order valence-electron chi connectivity index (χ4n) is 2.97. The normalized spacial score (nSPS) is 12.7. The number of halogens is 3. The molecule has 0 fully saturated rings. The molecule has 0 bridgehead atoms. The zero-order valence-electron chi connectivity index (χ0n) is 15.3. The van der Waals surface area contributed by atoms with E-state index in [0.717, 1.165) is 4.68 Å². The first-order valence-electron chi connectivity index (χ1n) is 8.16. The van der Waals surface area contributed by atoms with Crippen molar-refractivity contribution in [2.24, 2.45) is 0 Å². The Morgan fingerprint density at radius 2 is 1.89 bits per heavy atom. The van der Waals surface area contributed by atoms with Crippen molar-refractivity contribution < 1.29 is 27.9 Å². The lowest BCUT2D eigenvalue weighted by atomic mass is 9.98. The molecule has 0 saturated carbocycles. The van der Waals surface area contributed by atoms with Gasteiger partial charge in [-0.3, -0.25) is 9.48 Å². The van der Waals surface area contributed by atoms with E-state index in [9.17, 15) is 22.8 Å². The number of hydrogen-bond acceptors (Lipinski definition) is 3. The molecule has 1 atom stereocenters. The van der Waals surface area contributed by atoms with Gasteiger partial charge in [-0.25, -0.2) is 4.79 Å². The first-order chi connectivity index (χ1) is 12.4.